The van der Waals surface area contributed by atoms with Crippen LogP contribution in [-0.4, -0.2) is 51.7 Å². The van der Waals surface area contributed by atoms with Crippen molar-refractivity contribution in [2.75, 3.05) is 25.0 Å². The predicted molar refractivity (Wildman–Crippen MR) is 125 cm³/mol. The number of phenols is 1. The van der Waals surface area contributed by atoms with Crippen LogP contribution in [-0.2, 0) is 13.0 Å². The summed E-state index contributed by atoms with van der Waals surface area (Å²) in [5.41, 5.74) is 4.49. The van der Waals surface area contributed by atoms with Crippen LogP contribution in [0.2, 0.25) is 0 Å². The largest absolute Gasteiger partial charge is 0.508 e. The van der Waals surface area contributed by atoms with Gasteiger partial charge in [0.05, 0.1) is 5.69 Å². The van der Waals surface area contributed by atoms with Gasteiger partial charge in [-0.2, -0.15) is 0 Å². The third kappa shape index (κ3) is 5.60. The molecule has 0 radical (unpaired) electrons. The molecular weight excluding hydrogens is 386 g/mol. The first-order chi connectivity index (χ1) is 15.1. The Morgan fingerprint density at radius 2 is 1.94 bits per heavy atom. The average molecular weight is 418 g/mol. The standard InChI is InChI=1S/C25H31N5O/c1-18-19(2)30(15-14-26-18)17-21-4-3-5-22(16-21)24-11-13-28-25(29-24)27-12-10-20-6-8-23(31)9-7-20/h3-9,11,13,16,18-19,26,31H,10,12,14-15,17H2,1-2H3,(H,27,28,29). The lowest BCUT2D eigenvalue weighted by atomic mass is 10.0. The molecule has 162 valence electrons. The summed E-state index contributed by atoms with van der Waals surface area (Å²) in [6.07, 6.45) is 2.64. The molecule has 0 amide bonds. The Kier molecular flexibility index (Phi) is 6.79. The Morgan fingerprint density at radius 1 is 1.10 bits per heavy atom. The zero-order valence-electron chi connectivity index (χ0n) is 18.3. The van der Waals surface area contributed by atoms with Crippen LogP contribution in [0.3, 0.4) is 0 Å². The van der Waals surface area contributed by atoms with E-state index < -0.39 is 0 Å². The van der Waals surface area contributed by atoms with E-state index in [-0.39, 0.29) is 5.75 Å². The molecule has 1 saturated heterocycles. The van der Waals surface area contributed by atoms with Gasteiger partial charge in [-0.05, 0) is 55.7 Å². The summed E-state index contributed by atoms with van der Waals surface area (Å²) in [7, 11) is 0. The number of nitrogens with zero attached hydrogens (tertiary/aromatic N) is 3. The number of anilines is 1. The lowest BCUT2D eigenvalue weighted by Crippen LogP contribution is -2.54. The zero-order valence-corrected chi connectivity index (χ0v) is 18.3. The zero-order chi connectivity index (χ0) is 21.6. The van der Waals surface area contributed by atoms with Crippen LogP contribution in [0.4, 0.5) is 5.95 Å². The molecule has 3 aromatic rings. The van der Waals surface area contributed by atoms with E-state index >= 15 is 0 Å². The fourth-order valence-electron chi connectivity index (χ4n) is 4.00. The van der Waals surface area contributed by atoms with Crippen molar-refractivity contribution in [2.24, 2.45) is 0 Å². The Morgan fingerprint density at radius 3 is 2.77 bits per heavy atom. The van der Waals surface area contributed by atoms with Crippen LogP contribution >= 0.6 is 0 Å². The molecule has 1 aliphatic rings. The third-order valence-corrected chi connectivity index (χ3v) is 6.06. The summed E-state index contributed by atoms with van der Waals surface area (Å²) in [6.45, 7) is 8.33. The second kappa shape index (κ2) is 9.90. The topological polar surface area (TPSA) is 73.3 Å². The second-order valence-corrected chi connectivity index (χ2v) is 8.26. The van der Waals surface area contributed by atoms with Gasteiger partial charge >= 0.3 is 0 Å². The van der Waals surface area contributed by atoms with Crippen molar-refractivity contribution in [3.05, 3.63) is 71.9 Å². The molecule has 0 saturated carbocycles. The van der Waals surface area contributed by atoms with E-state index in [1.54, 1.807) is 18.3 Å². The van der Waals surface area contributed by atoms with Gasteiger partial charge in [-0.25, -0.2) is 9.97 Å². The maximum atomic E-state index is 9.39. The molecule has 2 atom stereocenters. The lowest BCUT2D eigenvalue weighted by molar-refractivity contribution is 0.131. The summed E-state index contributed by atoms with van der Waals surface area (Å²) < 4.78 is 0. The molecule has 1 fully saturated rings. The smallest absolute Gasteiger partial charge is 0.223 e. The molecule has 0 aliphatic carbocycles. The van der Waals surface area contributed by atoms with Gasteiger partial charge < -0.3 is 15.7 Å². The van der Waals surface area contributed by atoms with Crippen LogP contribution < -0.4 is 10.6 Å². The molecule has 2 aromatic carbocycles. The highest BCUT2D eigenvalue weighted by molar-refractivity contribution is 5.61. The number of aromatic nitrogens is 2. The van der Waals surface area contributed by atoms with E-state index in [1.807, 2.05) is 18.2 Å². The molecule has 3 N–H and O–H groups in total. The van der Waals surface area contributed by atoms with Gasteiger partial charge in [-0.15, -0.1) is 0 Å². The monoisotopic (exact) mass is 417 g/mol. The van der Waals surface area contributed by atoms with E-state index in [0.29, 0.717) is 18.0 Å². The number of nitrogens with one attached hydrogen (secondary N) is 2. The van der Waals surface area contributed by atoms with Gasteiger partial charge in [-0.3, -0.25) is 4.90 Å². The number of piperazine rings is 1. The highest BCUT2D eigenvalue weighted by Gasteiger charge is 2.24. The number of rotatable bonds is 7. The summed E-state index contributed by atoms with van der Waals surface area (Å²) in [4.78, 5) is 11.6. The fourth-order valence-corrected chi connectivity index (χ4v) is 4.00. The van der Waals surface area contributed by atoms with Crippen molar-refractivity contribution in [1.29, 1.82) is 0 Å². The van der Waals surface area contributed by atoms with E-state index in [0.717, 1.165) is 49.4 Å². The van der Waals surface area contributed by atoms with Crippen molar-refractivity contribution in [3.8, 4) is 17.0 Å². The first kappa shape index (κ1) is 21.3. The minimum Gasteiger partial charge on any atom is -0.508 e. The van der Waals surface area contributed by atoms with Gasteiger partial charge in [0.15, 0.2) is 0 Å². The van der Waals surface area contributed by atoms with Gasteiger partial charge in [0.25, 0.3) is 0 Å². The fraction of sp³-hybridized carbons (Fsp3) is 0.360. The third-order valence-electron chi connectivity index (χ3n) is 6.06. The molecule has 2 heterocycles. The van der Waals surface area contributed by atoms with Crippen molar-refractivity contribution < 1.29 is 5.11 Å². The molecule has 0 spiro atoms. The number of hydrogen-bond acceptors (Lipinski definition) is 6. The highest BCUT2D eigenvalue weighted by atomic mass is 16.3. The molecule has 4 rings (SSSR count). The summed E-state index contributed by atoms with van der Waals surface area (Å²) in [5.74, 6) is 0.919. The minimum atomic E-state index is 0.288. The van der Waals surface area contributed by atoms with E-state index in [9.17, 15) is 5.11 Å². The van der Waals surface area contributed by atoms with Crippen molar-refractivity contribution in [1.82, 2.24) is 20.2 Å². The SMILES string of the molecule is CC1NCCN(Cc2cccc(-c3ccnc(NCCc4ccc(O)cc4)n3)c2)C1C. The van der Waals surface area contributed by atoms with Crippen LogP contribution in [0.25, 0.3) is 11.3 Å². The number of aromatic hydroxyl groups is 1. The number of phenolic OH excluding ortho intramolecular Hbond substituents is 1. The van der Waals surface area contributed by atoms with Gasteiger partial charge in [0, 0.05) is 50.0 Å². The van der Waals surface area contributed by atoms with Gasteiger partial charge in [-0.1, -0.05) is 30.3 Å². The van der Waals surface area contributed by atoms with Crippen molar-refractivity contribution >= 4 is 5.95 Å². The summed E-state index contributed by atoms with van der Waals surface area (Å²) >= 11 is 0. The molecule has 0 bridgehead atoms. The highest BCUT2D eigenvalue weighted by Crippen LogP contribution is 2.21. The Balaban J connectivity index is 1.40. The Labute approximate surface area is 184 Å². The number of benzene rings is 2. The normalized spacial score (nSPS) is 19.3. The van der Waals surface area contributed by atoms with Crippen LogP contribution in [0.1, 0.15) is 25.0 Å². The van der Waals surface area contributed by atoms with Crippen molar-refractivity contribution in [2.45, 2.75) is 38.9 Å². The van der Waals surface area contributed by atoms with Gasteiger partial charge in [0.2, 0.25) is 5.95 Å². The lowest BCUT2D eigenvalue weighted by Gasteiger charge is -2.38. The van der Waals surface area contributed by atoms with Crippen LogP contribution in [0, 0.1) is 0 Å². The predicted octanol–water partition coefficient (Wildman–Crippen LogP) is 3.69. The maximum Gasteiger partial charge on any atom is 0.223 e. The quantitative estimate of drug-likeness (QED) is 0.545. The molecule has 1 aliphatic heterocycles. The molecule has 31 heavy (non-hydrogen) atoms. The molecule has 6 heteroatoms. The summed E-state index contributed by atoms with van der Waals surface area (Å²) in [5, 5.41) is 16.2. The average Bonchev–Trinajstić information content (AvgIpc) is 2.79. The second-order valence-electron chi connectivity index (χ2n) is 8.26. The molecule has 2 unspecified atom stereocenters. The Hall–Kier alpha value is -2.96. The van der Waals surface area contributed by atoms with Crippen LogP contribution in [0.15, 0.2) is 60.8 Å². The van der Waals surface area contributed by atoms with Gasteiger partial charge in [0.1, 0.15) is 5.75 Å². The summed E-state index contributed by atoms with van der Waals surface area (Å²) in [6, 6.07) is 18.9. The number of hydrogen-bond donors (Lipinski definition) is 3. The van der Waals surface area contributed by atoms with E-state index in [2.05, 4.69) is 58.6 Å². The minimum absolute atomic E-state index is 0.288. The molecule has 1 aromatic heterocycles. The molecule has 6 nitrogen and oxygen atoms in total. The molecular formula is C25H31N5O. The van der Waals surface area contributed by atoms with E-state index in [4.69, 9.17) is 4.98 Å². The van der Waals surface area contributed by atoms with Crippen LogP contribution in [0.5, 0.6) is 5.75 Å². The van der Waals surface area contributed by atoms with Crippen molar-refractivity contribution in [3.63, 3.8) is 0 Å². The van der Waals surface area contributed by atoms with E-state index in [1.165, 1.54) is 5.56 Å². The first-order valence-electron chi connectivity index (χ1n) is 11.0. The Bertz CT molecular complexity index is 991. The first-order valence-corrected chi connectivity index (χ1v) is 11.0. The maximum absolute atomic E-state index is 9.39.